The first-order valence-corrected chi connectivity index (χ1v) is 11.8. The standard InChI is InChI=1S/C27H30N6O3/c1-6-23(34)33-13-11-32(12-14-33)22-17-28-10-9-21(22)19-7-8-20(18(2)15-19)16-29-25(35)24-30-26(36-31-24)27(3,4)5/h1,7-10,15,17H,11-14,16H2,2-5H3,(H,29,35). The molecule has 1 aliphatic heterocycles. The van der Waals surface area contributed by atoms with Crippen molar-refractivity contribution >= 4 is 17.5 Å². The van der Waals surface area contributed by atoms with Gasteiger partial charge in [0.15, 0.2) is 0 Å². The highest BCUT2D eigenvalue weighted by Crippen LogP contribution is 2.32. The van der Waals surface area contributed by atoms with Gasteiger partial charge in [0, 0.05) is 49.9 Å². The Morgan fingerprint density at radius 3 is 2.56 bits per heavy atom. The second-order valence-electron chi connectivity index (χ2n) is 9.81. The van der Waals surface area contributed by atoms with E-state index in [2.05, 4.69) is 37.3 Å². The Kier molecular flexibility index (Phi) is 7.06. The fourth-order valence-corrected chi connectivity index (χ4v) is 4.06. The fourth-order valence-electron chi connectivity index (χ4n) is 4.06. The van der Waals surface area contributed by atoms with Crippen molar-refractivity contribution in [2.24, 2.45) is 0 Å². The number of carbonyl (C=O) groups is 2. The summed E-state index contributed by atoms with van der Waals surface area (Å²) in [5.74, 6) is 1.99. The van der Waals surface area contributed by atoms with Gasteiger partial charge in [-0.2, -0.15) is 4.98 Å². The van der Waals surface area contributed by atoms with Gasteiger partial charge in [-0.15, -0.1) is 6.42 Å². The van der Waals surface area contributed by atoms with Crippen LogP contribution in [0, 0.1) is 19.3 Å². The molecule has 0 bridgehead atoms. The zero-order valence-electron chi connectivity index (χ0n) is 21.0. The van der Waals surface area contributed by atoms with Crippen molar-refractivity contribution in [3.05, 3.63) is 59.5 Å². The summed E-state index contributed by atoms with van der Waals surface area (Å²) in [6.07, 6.45) is 8.89. The number of nitrogens with zero attached hydrogens (tertiary/aromatic N) is 5. The van der Waals surface area contributed by atoms with E-state index in [0.29, 0.717) is 38.6 Å². The van der Waals surface area contributed by atoms with E-state index in [1.165, 1.54) is 0 Å². The number of aromatic nitrogens is 3. The van der Waals surface area contributed by atoms with Crippen molar-refractivity contribution in [1.82, 2.24) is 25.3 Å². The smallest absolute Gasteiger partial charge is 0.298 e. The minimum Gasteiger partial charge on any atom is -0.366 e. The monoisotopic (exact) mass is 486 g/mol. The van der Waals surface area contributed by atoms with Crippen molar-refractivity contribution in [1.29, 1.82) is 0 Å². The number of pyridine rings is 1. The fraction of sp³-hybridized carbons (Fsp3) is 0.370. The van der Waals surface area contributed by atoms with Crippen LogP contribution in [0.3, 0.4) is 0 Å². The number of anilines is 1. The van der Waals surface area contributed by atoms with Crippen molar-refractivity contribution in [3.63, 3.8) is 0 Å². The number of aryl methyl sites for hydroxylation is 1. The van der Waals surface area contributed by atoms with Crippen LogP contribution in [-0.2, 0) is 16.8 Å². The molecule has 0 saturated carbocycles. The maximum atomic E-state index is 12.5. The van der Waals surface area contributed by atoms with E-state index in [1.54, 1.807) is 11.1 Å². The number of rotatable bonds is 5. The Morgan fingerprint density at radius 2 is 1.92 bits per heavy atom. The molecule has 36 heavy (non-hydrogen) atoms. The van der Waals surface area contributed by atoms with Gasteiger partial charge in [0.2, 0.25) is 5.89 Å². The molecule has 3 aromatic rings. The Hall–Kier alpha value is -4.19. The molecule has 186 valence electrons. The lowest BCUT2D eigenvalue weighted by atomic mass is 9.97. The molecular weight excluding hydrogens is 456 g/mol. The van der Waals surface area contributed by atoms with Crippen LogP contribution in [-0.4, -0.2) is 58.0 Å². The predicted molar refractivity (Wildman–Crippen MR) is 136 cm³/mol. The SMILES string of the molecule is C#CC(=O)N1CCN(c2cnccc2-c2ccc(CNC(=O)c3noc(C(C)(C)C)n3)c(C)c2)CC1. The second-order valence-corrected chi connectivity index (χ2v) is 9.81. The second kappa shape index (κ2) is 10.2. The molecular formula is C27H30N6O3. The average molecular weight is 487 g/mol. The van der Waals surface area contributed by atoms with E-state index in [1.807, 2.05) is 52.1 Å². The molecule has 0 spiro atoms. The number of hydrogen-bond acceptors (Lipinski definition) is 7. The van der Waals surface area contributed by atoms with Crippen LogP contribution < -0.4 is 10.2 Å². The number of hydrogen-bond donors (Lipinski definition) is 1. The summed E-state index contributed by atoms with van der Waals surface area (Å²) in [6.45, 7) is 10.7. The van der Waals surface area contributed by atoms with Crippen LogP contribution >= 0.6 is 0 Å². The molecule has 1 N–H and O–H groups in total. The van der Waals surface area contributed by atoms with Gasteiger partial charge >= 0.3 is 0 Å². The maximum Gasteiger partial charge on any atom is 0.298 e. The van der Waals surface area contributed by atoms with Gasteiger partial charge in [-0.25, -0.2) is 0 Å². The molecule has 0 aliphatic carbocycles. The third kappa shape index (κ3) is 5.38. The number of benzene rings is 1. The third-order valence-electron chi connectivity index (χ3n) is 6.19. The molecule has 0 atom stereocenters. The summed E-state index contributed by atoms with van der Waals surface area (Å²) in [5.41, 5.74) is 4.83. The lowest BCUT2D eigenvalue weighted by Gasteiger charge is -2.36. The van der Waals surface area contributed by atoms with E-state index in [-0.39, 0.29) is 23.1 Å². The van der Waals surface area contributed by atoms with Crippen LogP contribution in [0.4, 0.5) is 5.69 Å². The molecule has 9 heteroatoms. The quantitative estimate of drug-likeness (QED) is 0.553. The van der Waals surface area contributed by atoms with Crippen LogP contribution in [0.15, 0.2) is 41.2 Å². The molecule has 1 aliphatic rings. The molecule has 0 radical (unpaired) electrons. The van der Waals surface area contributed by atoms with Gasteiger partial charge in [-0.3, -0.25) is 14.6 Å². The van der Waals surface area contributed by atoms with E-state index >= 15 is 0 Å². The zero-order valence-corrected chi connectivity index (χ0v) is 21.0. The summed E-state index contributed by atoms with van der Waals surface area (Å²) in [6, 6.07) is 8.14. The number of terminal acetylenes is 1. The molecule has 2 aromatic heterocycles. The van der Waals surface area contributed by atoms with Gasteiger partial charge in [-0.05, 0) is 35.6 Å². The molecule has 0 unspecified atom stereocenters. The van der Waals surface area contributed by atoms with Crippen molar-refractivity contribution in [3.8, 4) is 23.5 Å². The van der Waals surface area contributed by atoms with Crippen molar-refractivity contribution in [2.45, 2.75) is 39.7 Å². The van der Waals surface area contributed by atoms with Gasteiger partial charge in [0.1, 0.15) is 0 Å². The molecule has 1 fully saturated rings. The lowest BCUT2D eigenvalue weighted by molar-refractivity contribution is -0.125. The number of amides is 2. The molecule has 2 amide bonds. The average Bonchev–Trinajstić information content (AvgIpc) is 3.39. The van der Waals surface area contributed by atoms with Gasteiger partial charge in [-0.1, -0.05) is 44.1 Å². The first-order valence-electron chi connectivity index (χ1n) is 11.8. The highest BCUT2D eigenvalue weighted by Gasteiger charge is 2.25. The summed E-state index contributed by atoms with van der Waals surface area (Å²) < 4.78 is 5.22. The normalized spacial score (nSPS) is 13.9. The maximum absolute atomic E-state index is 12.5. The Labute approximate surface area is 210 Å². The van der Waals surface area contributed by atoms with Crippen LogP contribution in [0.25, 0.3) is 11.1 Å². The van der Waals surface area contributed by atoms with Gasteiger partial charge < -0.3 is 19.6 Å². The Bertz CT molecular complexity index is 1310. The number of nitrogens with one attached hydrogen (secondary N) is 1. The van der Waals surface area contributed by atoms with Crippen LogP contribution in [0.1, 0.15) is 48.4 Å². The van der Waals surface area contributed by atoms with E-state index in [4.69, 9.17) is 10.9 Å². The predicted octanol–water partition coefficient (Wildman–Crippen LogP) is 2.95. The summed E-state index contributed by atoms with van der Waals surface area (Å²) in [4.78, 5) is 36.8. The lowest BCUT2D eigenvalue weighted by Crippen LogP contribution is -2.48. The van der Waals surface area contributed by atoms with Crippen molar-refractivity contribution < 1.29 is 14.1 Å². The molecule has 3 heterocycles. The van der Waals surface area contributed by atoms with Crippen molar-refractivity contribution in [2.75, 3.05) is 31.1 Å². The number of carbonyl (C=O) groups excluding carboxylic acids is 2. The van der Waals surface area contributed by atoms with E-state index in [0.717, 1.165) is 27.9 Å². The summed E-state index contributed by atoms with van der Waals surface area (Å²) in [7, 11) is 0. The van der Waals surface area contributed by atoms with Crippen LogP contribution in [0.2, 0.25) is 0 Å². The first-order chi connectivity index (χ1) is 17.2. The highest BCUT2D eigenvalue weighted by atomic mass is 16.5. The minimum absolute atomic E-state index is 0.0275. The zero-order chi connectivity index (χ0) is 25.9. The van der Waals surface area contributed by atoms with Gasteiger partial charge in [0.05, 0.1) is 11.9 Å². The number of piperazine rings is 1. The molecule has 4 rings (SSSR count). The Balaban J connectivity index is 1.45. The summed E-state index contributed by atoms with van der Waals surface area (Å²) >= 11 is 0. The van der Waals surface area contributed by atoms with E-state index in [9.17, 15) is 9.59 Å². The topological polar surface area (TPSA) is 104 Å². The van der Waals surface area contributed by atoms with Crippen LogP contribution in [0.5, 0.6) is 0 Å². The molecule has 1 saturated heterocycles. The summed E-state index contributed by atoms with van der Waals surface area (Å²) in [5, 5.41) is 6.68. The Morgan fingerprint density at radius 1 is 1.17 bits per heavy atom. The largest absolute Gasteiger partial charge is 0.366 e. The third-order valence-corrected chi connectivity index (χ3v) is 6.19. The first kappa shape index (κ1) is 24.9. The molecule has 9 nitrogen and oxygen atoms in total. The highest BCUT2D eigenvalue weighted by molar-refractivity contribution is 5.93. The minimum atomic E-state index is -0.378. The van der Waals surface area contributed by atoms with Gasteiger partial charge in [0.25, 0.3) is 17.6 Å². The molecule has 1 aromatic carbocycles. The van der Waals surface area contributed by atoms with E-state index < -0.39 is 0 Å².